The standard InChI is InChI=1S/C24H32ClNO2/c1-16(2)20-15-21(25)17(3)22(23(20)28-5)24(27,19-11-7-6-8-12-19)18(4)26-13-9-10-14-26/h6-8,11-12,15-16,18,27H,9-10,13-14H2,1-5H3. The van der Waals surface area contributed by atoms with Crippen molar-refractivity contribution in [2.45, 2.75) is 58.1 Å². The molecular formula is C24H32ClNO2. The number of hydrogen-bond donors (Lipinski definition) is 1. The third kappa shape index (κ3) is 3.56. The van der Waals surface area contributed by atoms with E-state index in [4.69, 9.17) is 16.3 Å². The Bertz CT molecular complexity index is 815. The molecule has 1 aliphatic rings. The van der Waals surface area contributed by atoms with Crippen LogP contribution in [0.1, 0.15) is 61.8 Å². The fourth-order valence-corrected chi connectivity index (χ4v) is 4.74. The Balaban J connectivity index is 2.33. The summed E-state index contributed by atoms with van der Waals surface area (Å²) >= 11 is 6.67. The highest BCUT2D eigenvalue weighted by Gasteiger charge is 2.45. The van der Waals surface area contributed by atoms with E-state index in [9.17, 15) is 5.11 Å². The summed E-state index contributed by atoms with van der Waals surface area (Å²) in [5.41, 5.74) is 2.33. The van der Waals surface area contributed by atoms with Gasteiger partial charge in [-0.15, -0.1) is 0 Å². The predicted octanol–water partition coefficient (Wildman–Crippen LogP) is 5.50. The summed E-state index contributed by atoms with van der Waals surface area (Å²) in [4.78, 5) is 2.38. The van der Waals surface area contributed by atoms with Gasteiger partial charge in [0, 0.05) is 16.6 Å². The van der Waals surface area contributed by atoms with E-state index >= 15 is 0 Å². The molecular weight excluding hydrogens is 370 g/mol. The van der Waals surface area contributed by atoms with Crippen LogP contribution in [-0.4, -0.2) is 36.2 Å². The van der Waals surface area contributed by atoms with Gasteiger partial charge in [-0.3, -0.25) is 4.90 Å². The molecule has 1 N–H and O–H groups in total. The molecule has 1 fully saturated rings. The largest absolute Gasteiger partial charge is 0.496 e. The molecule has 0 aliphatic carbocycles. The molecule has 0 amide bonds. The van der Waals surface area contributed by atoms with Crippen molar-refractivity contribution in [2.24, 2.45) is 0 Å². The highest BCUT2D eigenvalue weighted by molar-refractivity contribution is 6.31. The number of halogens is 1. The fraction of sp³-hybridized carbons (Fsp3) is 0.500. The Labute approximate surface area is 174 Å². The average molecular weight is 402 g/mol. The zero-order valence-corrected chi connectivity index (χ0v) is 18.4. The quantitative estimate of drug-likeness (QED) is 0.693. The molecule has 2 aromatic carbocycles. The summed E-state index contributed by atoms with van der Waals surface area (Å²) in [6.45, 7) is 10.3. The van der Waals surface area contributed by atoms with Crippen molar-refractivity contribution >= 4 is 11.6 Å². The van der Waals surface area contributed by atoms with Gasteiger partial charge in [0.05, 0.1) is 7.11 Å². The van der Waals surface area contributed by atoms with Gasteiger partial charge >= 0.3 is 0 Å². The first-order chi connectivity index (χ1) is 13.3. The molecule has 0 radical (unpaired) electrons. The van der Waals surface area contributed by atoms with E-state index in [2.05, 4.69) is 25.7 Å². The van der Waals surface area contributed by atoms with Gasteiger partial charge in [0.1, 0.15) is 11.4 Å². The smallest absolute Gasteiger partial charge is 0.134 e. The van der Waals surface area contributed by atoms with Gasteiger partial charge in [-0.05, 0) is 68.5 Å². The van der Waals surface area contributed by atoms with Crippen molar-refractivity contribution in [1.82, 2.24) is 4.90 Å². The van der Waals surface area contributed by atoms with E-state index in [1.54, 1.807) is 7.11 Å². The number of likely N-dealkylation sites (tertiary alicyclic amines) is 1. The lowest BCUT2D eigenvalue weighted by Crippen LogP contribution is -2.49. The predicted molar refractivity (Wildman–Crippen MR) is 117 cm³/mol. The van der Waals surface area contributed by atoms with Crippen LogP contribution in [0.25, 0.3) is 0 Å². The highest BCUT2D eigenvalue weighted by atomic mass is 35.5. The minimum atomic E-state index is -1.23. The minimum Gasteiger partial charge on any atom is -0.496 e. The number of ether oxygens (including phenoxy) is 1. The topological polar surface area (TPSA) is 32.7 Å². The Morgan fingerprint density at radius 1 is 1.11 bits per heavy atom. The molecule has 1 aliphatic heterocycles. The second kappa shape index (κ2) is 8.44. The van der Waals surface area contributed by atoms with Crippen LogP contribution in [0, 0.1) is 6.92 Å². The molecule has 2 unspecified atom stereocenters. The molecule has 3 rings (SSSR count). The lowest BCUT2D eigenvalue weighted by molar-refractivity contribution is -0.00676. The van der Waals surface area contributed by atoms with Gasteiger partial charge in [-0.1, -0.05) is 55.8 Å². The summed E-state index contributed by atoms with van der Waals surface area (Å²) in [6, 6.07) is 11.8. The van der Waals surface area contributed by atoms with Crippen LogP contribution >= 0.6 is 11.6 Å². The first-order valence-corrected chi connectivity index (χ1v) is 10.6. The average Bonchev–Trinajstić information content (AvgIpc) is 3.23. The zero-order chi connectivity index (χ0) is 20.5. The van der Waals surface area contributed by atoms with Crippen molar-refractivity contribution in [1.29, 1.82) is 0 Å². The van der Waals surface area contributed by atoms with Gasteiger partial charge < -0.3 is 9.84 Å². The lowest BCUT2D eigenvalue weighted by atomic mass is 9.76. The summed E-state index contributed by atoms with van der Waals surface area (Å²) in [5, 5.41) is 13.1. The van der Waals surface area contributed by atoms with Gasteiger partial charge in [-0.25, -0.2) is 0 Å². The molecule has 3 nitrogen and oxygen atoms in total. The minimum absolute atomic E-state index is 0.108. The zero-order valence-electron chi connectivity index (χ0n) is 17.6. The SMILES string of the molecule is COc1c(C(C)C)cc(Cl)c(C)c1C(O)(c1ccccc1)C(C)N1CCCC1. The molecule has 1 heterocycles. The first-order valence-electron chi connectivity index (χ1n) is 10.2. The van der Waals surface area contributed by atoms with Crippen molar-refractivity contribution in [3.63, 3.8) is 0 Å². The van der Waals surface area contributed by atoms with Crippen LogP contribution in [0.15, 0.2) is 36.4 Å². The summed E-state index contributed by atoms with van der Waals surface area (Å²) in [7, 11) is 1.68. The number of benzene rings is 2. The molecule has 1 saturated heterocycles. The van der Waals surface area contributed by atoms with Crippen molar-refractivity contribution in [3.8, 4) is 5.75 Å². The van der Waals surface area contributed by atoms with Crippen molar-refractivity contribution in [2.75, 3.05) is 20.2 Å². The molecule has 2 atom stereocenters. The summed E-state index contributed by atoms with van der Waals surface area (Å²) < 4.78 is 5.92. The third-order valence-corrected chi connectivity index (χ3v) is 6.61. The highest BCUT2D eigenvalue weighted by Crippen LogP contribution is 2.47. The first kappa shape index (κ1) is 21.2. The van der Waals surface area contributed by atoms with Crippen LogP contribution in [-0.2, 0) is 5.60 Å². The molecule has 4 heteroatoms. The summed E-state index contributed by atoms with van der Waals surface area (Å²) in [5.74, 6) is 0.975. The Kier molecular flexibility index (Phi) is 6.38. The third-order valence-electron chi connectivity index (χ3n) is 6.22. The molecule has 28 heavy (non-hydrogen) atoms. The van der Waals surface area contributed by atoms with Crippen molar-refractivity contribution < 1.29 is 9.84 Å². The van der Waals surface area contributed by atoms with E-state index in [0.717, 1.165) is 53.9 Å². The van der Waals surface area contributed by atoms with Crippen LogP contribution < -0.4 is 4.74 Å². The number of aliphatic hydroxyl groups is 1. The molecule has 0 bridgehead atoms. The van der Waals surface area contributed by atoms with E-state index in [1.165, 1.54) is 0 Å². The van der Waals surface area contributed by atoms with Gasteiger partial charge in [0.2, 0.25) is 0 Å². The number of methoxy groups -OCH3 is 1. The molecule has 0 saturated carbocycles. The number of nitrogens with zero attached hydrogens (tertiary/aromatic N) is 1. The van der Waals surface area contributed by atoms with E-state index in [1.807, 2.05) is 43.3 Å². The maximum absolute atomic E-state index is 12.4. The molecule has 0 aromatic heterocycles. The maximum atomic E-state index is 12.4. The van der Waals surface area contributed by atoms with E-state index < -0.39 is 5.60 Å². The lowest BCUT2D eigenvalue weighted by Gasteiger charge is -2.42. The number of rotatable bonds is 6. The van der Waals surface area contributed by atoms with E-state index in [-0.39, 0.29) is 12.0 Å². The molecule has 2 aromatic rings. The van der Waals surface area contributed by atoms with Gasteiger partial charge in [0.25, 0.3) is 0 Å². The fourth-order valence-electron chi connectivity index (χ4n) is 4.53. The summed E-state index contributed by atoms with van der Waals surface area (Å²) in [6.07, 6.45) is 2.33. The molecule has 152 valence electrons. The second-order valence-corrected chi connectivity index (χ2v) is 8.59. The Morgan fingerprint density at radius 3 is 2.25 bits per heavy atom. The van der Waals surface area contributed by atoms with Crippen LogP contribution in [0.2, 0.25) is 5.02 Å². The van der Waals surface area contributed by atoms with Crippen LogP contribution in [0.3, 0.4) is 0 Å². The van der Waals surface area contributed by atoms with Gasteiger partial charge in [-0.2, -0.15) is 0 Å². The Hall–Kier alpha value is -1.55. The normalized spacial score (nSPS) is 18.3. The van der Waals surface area contributed by atoms with Crippen LogP contribution in [0.4, 0.5) is 0 Å². The number of hydrogen-bond acceptors (Lipinski definition) is 3. The second-order valence-electron chi connectivity index (χ2n) is 8.19. The maximum Gasteiger partial charge on any atom is 0.134 e. The van der Waals surface area contributed by atoms with E-state index in [0.29, 0.717) is 5.02 Å². The van der Waals surface area contributed by atoms with Crippen molar-refractivity contribution in [3.05, 3.63) is 63.7 Å². The Morgan fingerprint density at radius 2 is 1.71 bits per heavy atom. The van der Waals surface area contributed by atoms with Crippen LogP contribution in [0.5, 0.6) is 5.75 Å². The molecule has 0 spiro atoms. The monoisotopic (exact) mass is 401 g/mol. The van der Waals surface area contributed by atoms with Gasteiger partial charge in [0.15, 0.2) is 0 Å².